The van der Waals surface area contributed by atoms with Gasteiger partial charge in [0.25, 0.3) is 5.91 Å². The van der Waals surface area contributed by atoms with Gasteiger partial charge in [-0.3, -0.25) is 9.59 Å². The number of carbonyl (C=O) groups is 3. The molecule has 0 radical (unpaired) electrons. The van der Waals surface area contributed by atoms with Crippen molar-refractivity contribution in [3.63, 3.8) is 0 Å². The average molecular weight is 378 g/mol. The number of ketones is 1. The molecule has 8 heteroatoms. The number of ether oxygens (including phenoxy) is 1. The lowest BCUT2D eigenvalue weighted by Gasteiger charge is -2.27. The zero-order valence-electron chi connectivity index (χ0n) is 16.6. The third-order valence-corrected chi connectivity index (χ3v) is 4.41. The normalized spacial score (nSPS) is 15.6. The SMILES string of the molecule is CCCC[C@H](NC(=O)OC(C)(C)C)C(=O)C(=O)Nc1ccnn1C1CCC1. The highest BCUT2D eigenvalue weighted by molar-refractivity contribution is 6.42. The van der Waals surface area contributed by atoms with Crippen molar-refractivity contribution in [3.05, 3.63) is 12.3 Å². The summed E-state index contributed by atoms with van der Waals surface area (Å²) < 4.78 is 6.96. The Labute approximate surface area is 160 Å². The van der Waals surface area contributed by atoms with E-state index >= 15 is 0 Å². The molecule has 0 aromatic carbocycles. The van der Waals surface area contributed by atoms with Gasteiger partial charge < -0.3 is 15.4 Å². The van der Waals surface area contributed by atoms with Crippen molar-refractivity contribution in [2.45, 2.75) is 83.9 Å². The van der Waals surface area contributed by atoms with Crippen molar-refractivity contribution in [1.29, 1.82) is 0 Å². The lowest BCUT2D eigenvalue weighted by atomic mass is 9.93. The molecule has 0 aliphatic heterocycles. The number of amides is 2. The maximum atomic E-state index is 12.6. The van der Waals surface area contributed by atoms with Crippen molar-refractivity contribution in [2.75, 3.05) is 5.32 Å². The largest absolute Gasteiger partial charge is 0.444 e. The Bertz CT molecular complexity index is 673. The van der Waals surface area contributed by atoms with Gasteiger partial charge in [0, 0.05) is 6.07 Å². The summed E-state index contributed by atoms with van der Waals surface area (Å²) in [6.07, 6.45) is 5.99. The second kappa shape index (κ2) is 9.01. The van der Waals surface area contributed by atoms with Crippen LogP contribution in [0.3, 0.4) is 0 Å². The van der Waals surface area contributed by atoms with Crippen LogP contribution in [0.2, 0.25) is 0 Å². The van der Waals surface area contributed by atoms with E-state index in [4.69, 9.17) is 4.74 Å². The number of unbranched alkanes of at least 4 members (excludes halogenated alkanes) is 1. The van der Waals surface area contributed by atoms with E-state index in [0.717, 1.165) is 25.7 Å². The van der Waals surface area contributed by atoms with Gasteiger partial charge in [-0.2, -0.15) is 5.10 Å². The number of nitrogens with one attached hydrogen (secondary N) is 2. The quantitative estimate of drug-likeness (QED) is 0.676. The molecule has 1 heterocycles. The summed E-state index contributed by atoms with van der Waals surface area (Å²) in [4.78, 5) is 37.1. The van der Waals surface area contributed by atoms with Crippen LogP contribution in [0.5, 0.6) is 0 Å². The van der Waals surface area contributed by atoms with Gasteiger partial charge in [-0.15, -0.1) is 0 Å². The molecule has 0 saturated heterocycles. The molecule has 2 amide bonds. The Morgan fingerprint density at radius 3 is 2.59 bits per heavy atom. The number of rotatable bonds is 8. The molecule has 0 unspecified atom stereocenters. The molecule has 1 aliphatic rings. The fourth-order valence-corrected chi connectivity index (χ4v) is 2.80. The number of nitrogens with zero attached hydrogens (tertiary/aromatic N) is 2. The fraction of sp³-hybridized carbons (Fsp3) is 0.684. The Morgan fingerprint density at radius 1 is 1.33 bits per heavy atom. The first kappa shape index (κ1) is 20.9. The third-order valence-electron chi connectivity index (χ3n) is 4.41. The van der Waals surface area contributed by atoms with E-state index in [1.54, 1.807) is 37.7 Å². The molecule has 1 aliphatic carbocycles. The molecule has 1 aromatic heterocycles. The van der Waals surface area contributed by atoms with Gasteiger partial charge in [-0.1, -0.05) is 19.8 Å². The molecule has 2 rings (SSSR count). The molecule has 1 aromatic rings. The molecular formula is C19H30N4O4. The predicted molar refractivity (Wildman–Crippen MR) is 101 cm³/mol. The lowest BCUT2D eigenvalue weighted by molar-refractivity contribution is -0.136. The summed E-state index contributed by atoms with van der Waals surface area (Å²) in [5, 5.41) is 9.41. The van der Waals surface area contributed by atoms with Crippen molar-refractivity contribution >= 4 is 23.6 Å². The van der Waals surface area contributed by atoms with Crippen LogP contribution in [0.4, 0.5) is 10.6 Å². The number of carbonyl (C=O) groups excluding carboxylic acids is 3. The van der Waals surface area contributed by atoms with Crippen LogP contribution in [-0.4, -0.2) is 39.2 Å². The summed E-state index contributed by atoms with van der Waals surface area (Å²) in [7, 11) is 0. The van der Waals surface area contributed by atoms with Crippen LogP contribution in [0, 0.1) is 0 Å². The lowest BCUT2D eigenvalue weighted by Crippen LogP contribution is -2.47. The highest BCUT2D eigenvalue weighted by atomic mass is 16.6. The molecule has 0 spiro atoms. The van der Waals surface area contributed by atoms with Crippen LogP contribution < -0.4 is 10.6 Å². The van der Waals surface area contributed by atoms with E-state index in [9.17, 15) is 14.4 Å². The maximum absolute atomic E-state index is 12.6. The summed E-state index contributed by atoms with van der Waals surface area (Å²) in [5.74, 6) is -0.937. The Hall–Kier alpha value is -2.38. The first-order valence-corrected chi connectivity index (χ1v) is 9.59. The maximum Gasteiger partial charge on any atom is 0.408 e. The highest BCUT2D eigenvalue weighted by Gasteiger charge is 2.30. The fourth-order valence-electron chi connectivity index (χ4n) is 2.80. The first-order valence-electron chi connectivity index (χ1n) is 9.59. The Morgan fingerprint density at radius 2 is 2.04 bits per heavy atom. The van der Waals surface area contributed by atoms with E-state index in [1.165, 1.54) is 0 Å². The van der Waals surface area contributed by atoms with Gasteiger partial charge in [0.15, 0.2) is 0 Å². The zero-order valence-corrected chi connectivity index (χ0v) is 16.6. The van der Waals surface area contributed by atoms with Gasteiger partial charge in [-0.05, 0) is 46.5 Å². The van der Waals surface area contributed by atoms with Gasteiger partial charge >= 0.3 is 6.09 Å². The molecule has 1 fully saturated rings. The minimum atomic E-state index is -0.917. The first-order chi connectivity index (χ1) is 12.7. The molecule has 27 heavy (non-hydrogen) atoms. The zero-order chi connectivity index (χ0) is 20.0. The number of aromatic nitrogens is 2. The third kappa shape index (κ3) is 6.08. The molecule has 8 nitrogen and oxygen atoms in total. The van der Waals surface area contributed by atoms with Gasteiger partial charge in [0.1, 0.15) is 17.5 Å². The van der Waals surface area contributed by atoms with Crippen LogP contribution in [0.1, 0.15) is 72.3 Å². The summed E-state index contributed by atoms with van der Waals surface area (Å²) in [6.45, 7) is 7.20. The molecular weight excluding hydrogens is 348 g/mol. The van der Waals surface area contributed by atoms with Crippen LogP contribution >= 0.6 is 0 Å². The molecule has 150 valence electrons. The van der Waals surface area contributed by atoms with E-state index in [-0.39, 0.29) is 6.04 Å². The van der Waals surface area contributed by atoms with E-state index in [0.29, 0.717) is 18.7 Å². The average Bonchev–Trinajstić information content (AvgIpc) is 2.95. The second-order valence-corrected chi connectivity index (χ2v) is 7.91. The molecule has 1 atom stereocenters. The number of hydrogen-bond donors (Lipinski definition) is 2. The monoisotopic (exact) mass is 378 g/mol. The number of Topliss-reactive ketones (excluding diaryl/α,β-unsaturated/α-hetero) is 1. The Balaban J connectivity index is 2.01. The van der Waals surface area contributed by atoms with Gasteiger partial charge in [0.05, 0.1) is 12.2 Å². The van der Waals surface area contributed by atoms with E-state index in [2.05, 4.69) is 15.7 Å². The van der Waals surface area contributed by atoms with Gasteiger partial charge in [0.2, 0.25) is 5.78 Å². The van der Waals surface area contributed by atoms with Crippen molar-refractivity contribution < 1.29 is 19.1 Å². The summed E-state index contributed by atoms with van der Waals surface area (Å²) in [6, 6.07) is 1.02. The topological polar surface area (TPSA) is 102 Å². The minimum Gasteiger partial charge on any atom is -0.444 e. The van der Waals surface area contributed by atoms with Crippen LogP contribution in [-0.2, 0) is 14.3 Å². The molecule has 1 saturated carbocycles. The standard InChI is InChI=1S/C19H30N4O4/c1-5-6-10-14(21-18(26)27-19(2,3)4)16(24)17(25)22-15-11-12-20-23(15)13-8-7-9-13/h11-14H,5-10H2,1-4H3,(H,21,26)(H,22,25)/t14-/m0/s1. The highest BCUT2D eigenvalue weighted by Crippen LogP contribution is 2.33. The minimum absolute atomic E-state index is 0.265. The predicted octanol–water partition coefficient (Wildman–Crippen LogP) is 3.20. The summed E-state index contributed by atoms with van der Waals surface area (Å²) in [5.41, 5.74) is -0.681. The molecule has 2 N–H and O–H groups in total. The summed E-state index contributed by atoms with van der Waals surface area (Å²) >= 11 is 0. The number of hydrogen-bond acceptors (Lipinski definition) is 5. The van der Waals surface area contributed by atoms with Crippen molar-refractivity contribution in [3.8, 4) is 0 Å². The smallest absolute Gasteiger partial charge is 0.408 e. The number of anilines is 1. The van der Waals surface area contributed by atoms with E-state index < -0.39 is 29.4 Å². The van der Waals surface area contributed by atoms with Crippen LogP contribution in [0.15, 0.2) is 12.3 Å². The Kier molecular flexibility index (Phi) is 6.98. The van der Waals surface area contributed by atoms with E-state index in [1.807, 2.05) is 6.92 Å². The number of alkyl carbamates (subject to hydrolysis) is 1. The van der Waals surface area contributed by atoms with Gasteiger partial charge in [-0.25, -0.2) is 9.48 Å². The van der Waals surface area contributed by atoms with Crippen molar-refractivity contribution in [1.82, 2.24) is 15.1 Å². The second-order valence-electron chi connectivity index (χ2n) is 7.91. The van der Waals surface area contributed by atoms with Crippen LogP contribution in [0.25, 0.3) is 0 Å². The van der Waals surface area contributed by atoms with Crippen molar-refractivity contribution in [2.24, 2.45) is 0 Å². The molecule has 0 bridgehead atoms.